The van der Waals surface area contributed by atoms with Gasteiger partial charge in [0.25, 0.3) is 5.56 Å². The van der Waals surface area contributed by atoms with Gasteiger partial charge in [-0.3, -0.25) is 14.2 Å². The van der Waals surface area contributed by atoms with Crippen molar-refractivity contribution in [1.82, 2.24) is 9.55 Å². The molecule has 0 saturated heterocycles. The Morgan fingerprint density at radius 3 is 2.34 bits per heavy atom. The van der Waals surface area contributed by atoms with Crippen LogP contribution in [0.3, 0.4) is 0 Å². The van der Waals surface area contributed by atoms with Crippen LogP contribution in [0.15, 0.2) is 88.8 Å². The van der Waals surface area contributed by atoms with Gasteiger partial charge in [0.15, 0.2) is 10.9 Å². The van der Waals surface area contributed by atoms with E-state index < -0.39 is 0 Å². The third-order valence-electron chi connectivity index (χ3n) is 4.43. The Morgan fingerprint density at radius 1 is 0.931 bits per heavy atom. The molecule has 0 unspecified atom stereocenters. The van der Waals surface area contributed by atoms with E-state index in [1.54, 1.807) is 43.4 Å². The van der Waals surface area contributed by atoms with Crippen molar-refractivity contribution in [1.29, 1.82) is 0 Å². The van der Waals surface area contributed by atoms with E-state index >= 15 is 0 Å². The summed E-state index contributed by atoms with van der Waals surface area (Å²) in [6.07, 6.45) is 0. The van der Waals surface area contributed by atoms with Crippen molar-refractivity contribution in [3.63, 3.8) is 0 Å². The fourth-order valence-electron chi connectivity index (χ4n) is 2.87. The number of para-hydroxylation sites is 2. The third-order valence-corrected chi connectivity index (χ3v) is 5.46. The predicted molar refractivity (Wildman–Crippen MR) is 115 cm³/mol. The van der Waals surface area contributed by atoms with Crippen LogP contribution in [-0.4, -0.2) is 21.1 Å². The lowest BCUT2D eigenvalue weighted by Crippen LogP contribution is -2.20. The zero-order valence-electron chi connectivity index (χ0n) is 15.7. The standard InChI is InChI=1S/C23H18N2O3S/c1-25-22(27)19-9-5-6-10-20(19)24-23(25)29-15-21(26)16-11-13-18(14-12-16)28-17-7-3-2-4-8-17/h2-14H,15H2,1H3. The first kappa shape index (κ1) is 19.0. The lowest BCUT2D eigenvalue weighted by atomic mass is 10.1. The van der Waals surface area contributed by atoms with E-state index in [0.29, 0.717) is 27.4 Å². The zero-order valence-corrected chi connectivity index (χ0v) is 16.6. The number of benzene rings is 3. The Labute approximate surface area is 172 Å². The van der Waals surface area contributed by atoms with Gasteiger partial charge < -0.3 is 4.74 Å². The summed E-state index contributed by atoms with van der Waals surface area (Å²) in [5.74, 6) is 1.56. The topological polar surface area (TPSA) is 61.2 Å². The molecule has 0 amide bonds. The summed E-state index contributed by atoms with van der Waals surface area (Å²) in [5, 5.41) is 1.09. The summed E-state index contributed by atoms with van der Waals surface area (Å²) in [4.78, 5) is 29.5. The first-order chi connectivity index (χ1) is 14.1. The molecule has 0 aliphatic carbocycles. The van der Waals surface area contributed by atoms with Crippen LogP contribution in [0.1, 0.15) is 10.4 Å². The number of carbonyl (C=O) groups excluding carboxylic acids is 1. The second-order valence-electron chi connectivity index (χ2n) is 6.43. The molecule has 0 aliphatic heterocycles. The van der Waals surface area contributed by atoms with Crippen LogP contribution in [-0.2, 0) is 7.05 Å². The van der Waals surface area contributed by atoms with Crippen molar-refractivity contribution in [3.8, 4) is 11.5 Å². The normalized spacial score (nSPS) is 10.8. The number of Topliss-reactive ketones (excluding diaryl/α,β-unsaturated/α-hetero) is 1. The molecule has 0 N–H and O–H groups in total. The smallest absolute Gasteiger partial charge is 0.261 e. The van der Waals surface area contributed by atoms with E-state index in [9.17, 15) is 9.59 Å². The first-order valence-electron chi connectivity index (χ1n) is 9.06. The molecule has 0 atom stereocenters. The SMILES string of the molecule is Cn1c(SCC(=O)c2ccc(Oc3ccccc3)cc2)nc2ccccc2c1=O. The van der Waals surface area contributed by atoms with Crippen molar-refractivity contribution in [2.45, 2.75) is 5.16 Å². The van der Waals surface area contributed by atoms with Crippen molar-refractivity contribution in [3.05, 3.63) is 94.8 Å². The van der Waals surface area contributed by atoms with Gasteiger partial charge in [0.05, 0.1) is 16.7 Å². The summed E-state index contributed by atoms with van der Waals surface area (Å²) in [5.41, 5.74) is 1.10. The molecule has 0 saturated carbocycles. The molecule has 1 aromatic heterocycles. The number of thioether (sulfide) groups is 1. The van der Waals surface area contributed by atoms with Gasteiger partial charge in [-0.05, 0) is 48.5 Å². The lowest BCUT2D eigenvalue weighted by Gasteiger charge is -2.09. The Balaban J connectivity index is 1.45. The van der Waals surface area contributed by atoms with Crippen LogP contribution in [0.5, 0.6) is 11.5 Å². The molecule has 0 radical (unpaired) electrons. The van der Waals surface area contributed by atoms with Crippen LogP contribution in [0.2, 0.25) is 0 Å². The Hall–Kier alpha value is -3.38. The molecule has 1 heterocycles. The van der Waals surface area contributed by atoms with E-state index in [1.807, 2.05) is 42.5 Å². The monoisotopic (exact) mass is 402 g/mol. The van der Waals surface area contributed by atoms with Gasteiger partial charge >= 0.3 is 0 Å². The van der Waals surface area contributed by atoms with Gasteiger partial charge in [-0.2, -0.15) is 0 Å². The van der Waals surface area contributed by atoms with Crippen LogP contribution >= 0.6 is 11.8 Å². The number of rotatable bonds is 6. The zero-order chi connectivity index (χ0) is 20.2. The average Bonchev–Trinajstić information content (AvgIpc) is 2.76. The van der Waals surface area contributed by atoms with Crippen molar-refractivity contribution >= 4 is 28.4 Å². The van der Waals surface area contributed by atoms with Gasteiger partial charge in [-0.15, -0.1) is 0 Å². The number of carbonyl (C=O) groups is 1. The van der Waals surface area contributed by atoms with Gasteiger partial charge in [0, 0.05) is 12.6 Å². The minimum Gasteiger partial charge on any atom is -0.457 e. The molecule has 6 heteroatoms. The Bertz CT molecular complexity index is 1220. The first-order valence-corrected chi connectivity index (χ1v) is 10.0. The number of nitrogens with zero attached hydrogens (tertiary/aromatic N) is 2. The number of ether oxygens (including phenoxy) is 1. The molecule has 3 aromatic carbocycles. The fraction of sp³-hybridized carbons (Fsp3) is 0.0870. The van der Waals surface area contributed by atoms with E-state index in [1.165, 1.54) is 16.3 Å². The lowest BCUT2D eigenvalue weighted by molar-refractivity contribution is 0.102. The van der Waals surface area contributed by atoms with Gasteiger partial charge in [-0.25, -0.2) is 4.98 Å². The highest BCUT2D eigenvalue weighted by Crippen LogP contribution is 2.23. The average molecular weight is 402 g/mol. The maximum atomic E-state index is 12.6. The van der Waals surface area contributed by atoms with E-state index in [-0.39, 0.29) is 17.1 Å². The minimum atomic E-state index is -0.118. The number of hydrogen-bond acceptors (Lipinski definition) is 5. The summed E-state index contributed by atoms with van der Waals surface area (Å²) < 4.78 is 7.23. The number of aromatic nitrogens is 2. The molecule has 0 aliphatic rings. The molecular weight excluding hydrogens is 384 g/mol. The summed E-state index contributed by atoms with van der Waals surface area (Å²) >= 11 is 1.26. The molecule has 0 spiro atoms. The number of ketones is 1. The van der Waals surface area contributed by atoms with Crippen LogP contribution < -0.4 is 10.3 Å². The van der Waals surface area contributed by atoms with E-state index in [0.717, 1.165) is 5.75 Å². The van der Waals surface area contributed by atoms with Crippen LogP contribution in [0, 0.1) is 0 Å². The maximum absolute atomic E-state index is 12.6. The second-order valence-corrected chi connectivity index (χ2v) is 7.37. The highest BCUT2D eigenvalue weighted by molar-refractivity contribution is 7.99. The second kappa shape index (κ2) is 8.32. The summed E-state index contributed by atoms with van der Waals surface area (Å²) in [6.45, 7) is 0. The third kappa shape index (κ3) is 4.22. The quantitative estimate of drug-likeness (QED) is 0.266. The van der Waals surface area contributed by atoms with Crippen molar-refractivity contribution in [2.24, 2.45) is 7.05 Å². The highest BCUT2D eigenvalue weighted by atomic mass is 32.2. The van der Waals surface area contributed by atoms with Crippen LogP contribution in [0.25, 0.3) is 10.9 Å². The highest BCUT2D eigenvalue weighted by Gasteiger charge is 2.12. The van der Waals surface area contributed by atoms with E-state index in [4.69, 9.17) is 4.74 Å². The van der Waals surface area contributed by atoms with Crippen molar-refractivity contribution in [2.75, 3.05) is 5.75 Å². The molecule has 4 rings (SSSR count). The molecule has 144 valence electrons. The Kier molecular flexibility index (Phi) is 5.44. The predicted octanol–water partition coefficient (Wildman–Crippen LogP) is 4.70. The largest absolute Gasteiger partial charge is 0.457 e. The molecule has 0 fully saturated rings. The molecule has 29 heavy (non-hydrogen) atoms. The maximum Gasteiger partial charge on any atom is 0.261 e. The summed E-state index contributed by atoms with van der Waals surface area (Å²) in [6, 6.07) is 23.7. The van der Waals surface area contributed by atoms with Crippen molar-refractivity contribution < 1.29 is 9.53 Å². The minimum absolute atomic E-state index is 0.0383. The number of fused-ring (bicyclic) bond motifs is 1. The molecule has 5 nitrogen and oxygen atoms in total. The Morgan fingerprint density at radius 2 is 1.59 bits per heavy atom. The van der Waals surface area contributed by atoms with Gasteiger partial charge in [-0.1, -0.05) is 42.1 Å². The van der Waals surface area contributed by atoms with Gasteiger partial charge in [0.1, 0.15) is 11.5 Å². The van der Waals surface area contributed by atoms with Gasteiger partial charge in [0.2, 0.25) is 0 Å². The van der Waals surface area contributed by atoms with Crippen LogP contribution in [0.4, 0.5) is 0 Å². The summed E-state index contributed by atoms with van der Waals surface area (Å²) in [7, 11) is 1.67. The molecule has 0 bridgehead atoms. The number of hydrogen-bond donors (Lipinski definition) is 0. The molecular formula is C23H18N2O3S. The molecule has 4 aromatic rings. The fourth-order valence-corrected chi connectivity index (χ4v) is 3.74. The van der Waals surface area contributed by atoms with E-state index in [2.05, 4.69) is 4.98 Å².